The molecule has 2 aromatic carbocycles. The molecule has 0 saturated heterocycles. The van der Waals surface area contributed by atoms with Gasteiger partial charge in [-0.3, -0.25) is 0 Å². The van der Waals surface area contributed by atoms with Gasteiger partial charge in [-0.1, -0.05) is 18.2 Å². The topological polar surface area (TPSA) is 97.2 Å². The number of hydrogen-bond acceptors (Lipinski definition) is 6. The van der Waals surface area contributed by atoms with Crippen molar-refractivity contribution >= 4 is 11.5 Å². The number of carboxylic acids is 1. The van der Waals surface area contributed by atoms with Gasteiger partial charge in [-0.2, -0.15) is 0 Å². The normalized spacial score (nSPS) is 12.3. The molecular formula is C23H29NO6. The first-order chi connectivity index (χ1) is 14.4. The van der Waals surface area contributed by atoms with E-state index >= 15 is 0 Å². The molecule has 0 amide bonds. The quantitative estimate of drug-likeness (QED) is 0.362. The molecular weight excluding hydrogens is 386 g/mol. The van der Waals surface area contributed by atoms with Gasteiger partial charge in [0.15, 0.2) is 11.5 Å². The predicted molar refractivity (Wildman–Crippen MR) is 115 cm³/mol. The van der Waals surface area contributed by atoms with Crippen molar-refractivity contribution in [1.82, 2.24) is 5.32 Å². The maximum Gasteiger partial charge on any atom is 0.328 e. The van der Waals surface area contributed by atoms with Crippen LogP contribution in [0.1, 0.15) is 18.1 Å². The van der Waals surface area contributed by atoms with E-state index in [0.29, 0.717) is 35.9 Å². The highest BCUT2D eigenvalue weighted by atomic mass is 16.5. The molecule has 0 aliphatic rings. The number of aliphatic carboxylic acids is 1. The summed E-state index contributed by atoms with van der Waals surface area (Å²) < 4.78 is 16.1. The third-order valence-electron chi connectivity index (χ3n) is 4.51. The molecule has 0 saturated carbocycles. The summed E-state index contributed by atoms with van der Waals surface area (Å²) in [7, 11) is 3.21. The molecule has 7 heteroatoms. The van der Waals surface area contributed by atoms with Gasteiger partial charge in [-0.05, 0) is 60.9 Å². The second-order valence-corrected chi connectivity index (χ2v) is 6.80. The van der Waals surface area contributed by atoms with Gasteiger partial charge in [-0.25, -0.2) is 4.79 Å². The number of carbonyl (C=O) groups is 1. The van der Waals surface area contributed by atoms with Crippen LogP contribution in [0.25, 0.3) is 5.57 Å². The zero-order valence-electron chi connectivity index (χ0n) is 17.6. The van der Waals surface area contributed by atoms with Gasteiger partial charge in [0.2, 0.25) is 0 Å². The maximum atomic E-state index is 10.7. The van der Waals surface area contributed by atoms with E-state index in [1.165, 1.54) is 0 Å². The van der Waals surface area contributed by atoms with E-state index in [1.54, 1.807) is 45.4 Å². The number of aliphatic hydroxyl groups is 1. The maximum absolute atomic E-state index is 10.7. The standard InChI is InChI=1S/C23H29NO6/c1-16(12-23(26)27)18-5-7-20(8-6-18)30-15-19(25)14-24-11-10-17-4-9-21(28-2)22(13-17)29-3/h4-9,12-13,19,24-25H,10-11,14-15H2,1-3H3,(H,26,27). The average molecular weight is 415 g/mol. The molecule has 0 bridgehead atoms. The van der Waals surface area contributed by atoms with Crippen molar-refractivity contribution in [1.29, 1.82) is 0 Å². The number of ether oxygens (including phenoxy) is 3. The van der Waals surface area contributed by atoms with Crippen LogP contribution in [0.2, 0.25) is 0 Å². The third kappa shape index (κ3) is 7.42. The van der Waals surface area contributed by atoms with Gasteiger partial charge < -0.3 is 29.7 Å². The van der Waals surface area contributed by atoms with Crippen LogP contribution in [0.15, 0.2) is 48.5 Å². The van der Waals surface area contributed by atoms with Gasteiger partial charge in [0, 0.05) is 12.6 Å². The number of aliphatic hydroxyl groups excluding tert-OH is 1. The number of hydrogen-bond donors (Lipinski definition) is 3. The SMILES string of the molecule is COc1ccc(CCNCC(O)COc2ccc(C(C)=CC(=O)O)cc2)cc1OC. The second-order valence-electron chi connectivity index (χ2n) is 6.80. The molecule has 2 rings (SSSR count). The van der Waals surface area contributed by atoms with Crippen LogP contribution in [0.4, 0.5) is 0 Å². The molecule has 162 valence electrons. The molecule has 3 N–H and O–H groups in total. The zero-order valence-corrected chi connectivity index (χ0v) is 17.6. The summed E-state index contributed by atoms with van der Waals surface area (Å²) in [5.41, 5.74) is 2.58. The average Bonchev–Trinajstić information content (AvgIpc) is 2.75. The largest absolute Gasteiger partial charge is 0.493 e. The molecule has 0 aliphatic carbocycles. The van der Waals surface area contributed by atoms with Crippen molar-refractivity contribution in [3.05, 3.63) is 59.7 Å². The van der Waals surface area contributed by atoms with Crippen molar-refractivity contribution in [2.24, 2.45) is 0 Å². The summed E-state index contributed by atoms with van der Waals surface area (Å²) in [4.78, 5) is 10.7. The Labute approximate surface area is 176 Å². The lowest BCUT2D eigenvalue weighted by Crippen LogP contribution is -2.32. The van der Waals surface area contributed by atoms with E-state index in [-0.39, 0.29) is 6.61 Å². The molecule has 0 heterocycles. The molecule has 0 radical (unpaired) electrons. The monoisotopic (exact) mass is 415 g/mol. The summed E-state index contributed by atoms with van der Waals surface area (Å²) in [6, 6.07) is 12.9. The first-order valence-corrected chi connectivity index (χ1v) is 9.67. The molecule has 0 aromatic heterocycles. The number of benzene rings is 2. The van der Waals surface area contributed by atoms with E-state index in [9.17, 15) is 9.90 Å². The summed E-state index contributed by atoms with van der Waals surface area (Å²) in [5, 5.41) is 22.1. The Bertz CT molecular complexity index is 847. The molecule has 0 fully saturated rings. The molecule has 0 spiro atoms. The van der Waals surface area contributed by atoms with Crippen LogP contribution in [0.5, 0.6) is 17.2 Å². The minimum absolute atomic E-state index is 0.159. The summed E-state index contributed by atoms with van der Waals surface area (Å²) >= 11 is 0. The fraction of sp³-hybridized carbons (Fsp3) is 0.348. The number of carboxylic acid groups (broad SMARTS) is 1. The number of allylic oxidation sites excluding steroid dienone is 1. The van der Waals surface area contributed by atoms with Crippen molar-refractivity contribution in [3.8, 4) is 17.2 Å². The second kappa shape index (κ2) is 11.8. The molecule has 2 aromatic rings. The van der Waals surface area contributed by atoms with Gasteiger partial charge in [0.05, 0.1) is 14.2 Å². The van der Waals surface area contributed by atoms with Gasteiger partial charge in [-0.15, -0.1) is 0 Å². The van der Waals surface area contributed by atoms with E-state index in [1.807, 2.05) is 18.2 Å². The highest BCUT2D eigenvalue weighted by molar-refractivity contribution is 5.89. The number of methoxy groups -OCH3 is 2. The highest BCUT2D eigenvalue weighted by Gasteiger charge is 2.07. The van der Waals surface area contributed by atoms with Crippen LogP contribution >= 0.6 is 0 Å². The fourth-order valence-corrected chi connectivity index (χ4v) is 2.87. The van der Waals surface area contributed by atoms with Crippen LogP contribution in [0.3, 0.4) is 0 Å². The fourth-order valence-electron chi connectivity index (χ4n) is 2.87. The van der Waals surface area contributed by atoms with E-state index < -0.39 is 12.1 Å². The zero-order chi connectivity index (χ0) is 21.9. The number of rotatable bonds is 12. The first-order valence-electron chi connectivity index (χ1n) is 9.67. The Morgan fingerprint density at radius 1 is 1.10 bits per heavy atom. The van der Waals surface area contributed by atoms with Crippen molar-refractivity contribution in [3.63, 3.8) is 0 Å². The van der Waals surface area contributed by atoms with Crippen molar-refractivity contribution in [2.45, 2.75) is 19.4 Å². The van der Waals surface area contributed by atoms with Crippen LogP contribution in [-0.4, -0.2) is 56.2 Å². The van der Waals surface area contributed by atoms with Crippen LogP contribution < -0.4 is 19.5 Å². The smallest absolute Gasteiger partial charge is 0.328 e. The van der Waals surface area contributed by atoms with Crippen molar-refractivity contribution < 1.29 is 29.2 Å². The first kappa shape index (κ1) is 23.3. The predicted octanol–water partition coefficient (Wildman–Crippen LogP) is 2.76. The summed E-state index contributed by atoms with van der Waals surface area (Å²) in [5.74, 6) is 1.03. The van der Waals surface area contributed by atoms with E-state index in [0.717, 1.165) is 23.6 Å². The third-order valence-corrected chi connectivity index (χ3v) is 4.51. The molecule has 30 heavy (non-hydrogen) atoms. The minimum atomic E-state index is -0.977. The Kier molecular flexibility index (Phi) is 9.18. The lowest BCUT2D eigenvalue weighted by Gasteiger charge is -2.14. The van der Waals surface area contributed by atoms with Crippen molar-refractivity contribution in [2.75, 3.05) is 33.9 Å². The minimum Gasteiger partial charge on any atom is -0.493 e. The lowest BCUT2D eigenvalue weighted by molar-refractivity contribution is -0.131. The molecule has 1 unspecified atom stereocenters. The Hall–Kier alpha value is -3.03. The van der Waals surface area contributed by atoms with Gasteiger partial charge in [0.1, 0.15) is 18.5 Å². The Balaban J connectivity index is 1.71. The van der Waals surface area contributed by atoms with Crippen LogP contribution in [0, 0.1) is 0 Å². The van der Waals surface area contributed by atoms with Crippen LogP contribution in [-0.2, 0) is 11.2 Å². The van der Waals surface area contributed by atoms with E-state index in [4.69, 9.17) is 19.3 Å². The van der Waals surface area contributed by atoms with E-state index in [2.05, 4.69) is 5.32 Å². The van der Waals surface area contributed by atoms with Gasteiger partial charge >= 0.3 is 5.97 Å². The molecule has 1 atom stereocenters. The number of nitrogens with one attached hydrogen (secondary N) is 1. The lowest BCUT2D eigenvalue weighted by atomic mass is 10.1. The van der Waals surface area contributed by atoms with Gasteiger partial charge in [0.25, 0.3) is 0 Å². The summed E-state index contributed by atoms with van der Waals surface area (Å²) in [6.07, 6.45) is 1.30. The Morgan fingerprint density at radius 3 is 2.43 bits per heavy atom. The summed E-state index contributed by atoms with van der Waals surface area (Å²) in [6.45, 7) is 3.01. The Morgan fingerprint density at radius 2 is 1.80 bits per heavy atom. The molecule has 0 aliphatic heterocycles. The highest BCUT2D eigenvalue weighted by Crippen LogP contribution is 2.27. The molecule has 7 nitrogen and oxygen atoms in total.